The largest absolute Gasteiger partial charge is 0.463 e. The van der Waals surface area contributed by atoms with Crippen LogP contribution in [0.25, 0.3) is 0 Å². The molecular weight excluding hydrogens is 449 g/mol. The first-order chi connectivity index (χ1) is 15.1. The van der Waals surface area contributed by atoms with Crippen LogP contribution in [-0.4, -0.2) is 53.3 Å². The normalized spacial score (nSPS) is 21.0. The van der Waals surface area contributed by atoms with Crippen LogP contribution in [0.2, 0.25) is 0 Å². The van der Waals surface area contributed by atoms with Gasteiger partial charge in [0.05, 0.1) is 41.6 Å². The van der Waals surface area contributed by atoms with E-state index in [0.29, 0.717) is 18.3 Å². The van der Waals surface area contributed by atoms with Crippen molar-refractivity contribution in [3.63, 3.8) is 0 Å². The van der Waals surface area contributed by atoms with E-state index in [4.69, 9.17) is 4.74 Å². The van der Waals surface area contributed by atoms with E-state index < -0.39 is 34.6 Å². The van der Waals surface area contributed by atoms with E-state index in [1.165, 1.54) is 30.8 Å². The number of esters is 1. The van der Waals surface area contributed by atoms with Crippen LogP contribution in [0.3, 0.4) is 0 Å². The van der Waals surface area contributed by atoms with Gasteiger partial charge in [-0.05, 0) is 25.5 Å². The number of hydrogen-bond acceptors (Lipinski definition) is 8. The average Bonchev–Trinajstić information content (AvgIpc) is 3.24. The topological polar surface area (TPSA) is 106 Å². The molecule has 1 N–H and O–H groups in total. The maximum Gasteiger partial charge on any atom is 0.416 e. The molecule has 8 nitrogen and oxygen atoms in total. The number of carbonyl (C=O) groups is 1. The van der Waals surface area contributed by atoms with Crippen LogP contribution < -0.4 is 5.32 Å². The highest BCUT2D eigenvalue weighted by atomic mass is 32.2. The molecule has 172 valence electrons. The van der Waals surface area contributed by atoms with Gasteiger partial charge in [0.1, 0.15) is 0 Å². The standard InChI is InChI=1S/C20H21F3N4O4S/c1-3-31-18(28)16-14(10-32-19-24-7-8-25-19)26-11(2)17(27(29)30)15(16)12-5-4-6-13(9-12)20(21,22)23/h4-6,9,15,17H,3,7-8,10H2,1-2H3,(H,24,25). The van der Waals surface area contributed by atoms with Gasteiger partial charge >= 0.3 is 12.1 Å². The van der Waals surface area contributed by atoms with E-state index in [9.17, 15) is 28.1 Å². The lowest BCUT2D eigenvalue weighted by Gasteiger charge is -2.28. The summed E-state index contributed by atoms with van der Waals surface area (Å²) in [6, 6.07) is 2.73. The molecule has 0 saturated carbocycles. The fraction of sp³-hybridized carbons (Fsp3) is 0.450. The lowest BCUT2D eigenvalue weighted by atomic mass is 9.80. The molecule has 2 unspecified atom stereocenters. The molecule has 0 spiro atoms. The lowest BCUT2D eigenvalue weighted by Crippen LogP contribution is -2.40. The van der Waals surface area contributed by atoms with Gasteiger partial charge in [-0.3, -0.25) is 20.1 Å². The maximum absolute atomic E-state index is 13.3. The van der Waals surface area contributed by atoms with Gasteiger partial charge < -0.3 is 10.1 Å². The van der Waals surface area contributed by atoms with Gasteiger partial charge in [-0.2, -0.15) is 13.2 Å². The van der Waals surface area contributed by atoms with Crippen LogP contribution in [0, 0.1) is 10.1 Å². The van der Waals surface area contributed by atoms with Crippen molar-refractivity contribution >= 4 is 28.6 Å². The predicted molar refractivity (Wildman–Crippen MR) is 114 cm³/mol. The molecule has 2 aliphatic heterocycles. The Bertz CT molecular complexity index is 1010. The van der Waals surface area contributed by atoms with E-state index in [2.05, 4.69) is 15.3 Å². The highest BCUT2D eigenvalue weighted by molar-refractivity contribution is 8.14. The van der Waals surface area contributed by atoms with Crippen molar-refractivity contribution in [2.24, 2.45) is 9.98 Å². The van der Waals surface area contributed by atoms with Gasteiger partial charge in [0.2, 0.25) is 0 Å². The molecule has 1 aromatic carbocycles. The molecule has 1 aromatic rings. The highest BCUT2D eigenvalue weighted by Gasteiger charge is 2.46. The van der Waals surface area contributed by atoms with Gasteiger partial charge in [0, 0.05) is 17.2 Å². The molecule has 0 fully saturated rings. The van der Waals surface area contributed by atoms with E-state index in [-0.39, 0.29) is 34.9 Å². The summed E-state index contributed by atoms with van der Waals surface area (Å²) >= 11 is 1.26. The molecule has 2 atom stereocenters. The molecule has 3 rings (SSSR count). The van der Waals surface area contributed by atoms with E-state index in [0.717, 1.165) is 12.1 Å². The Labute approximate surface area is 186 Å². The monoisotopic (exact) mass is 470 g/mol. The second kappa shape index (κ2) is 9.72. The first-order valence-corrected chi connectivity index (χ1v) is 10.8. The smallest absolute Gasteiger partial charge is 0.416 e. The van der Waals surface area contributed by atoms with Gasteiger partial charge in [-0.1, -0.05) is 30.0 Å². The third-order valence-corrected chi connectivity index (χ3v) is 5.93. The van der Waals surface area contributed by atoms with Gasteiger partial charge in [-0.25, -0.2) is 4.79 Å². The third kappa shape index (κ3) is 5.12. The van der Waals surface area contributed by atoms with Crippen molar-refractivity contribution in [2.45, 2.75) is 32.0 Å². The first-order valence-electron chi connectivity index (χ1n) is 9.80. The van der Waals surface area contributed by atoms with E-state index in [1.807, 2.05) is 0 Å². The van der Waals surface area contributed by atoms with Crippen LogP contribution in [0.15, 0.2) is 45.5 Å². The fourth-order valence-electron chi connectivity index (χ4n) is 3.62. The molecule has 2 heterocycles. The number of aliphatic imine (C=N–C) groups is 2. The Morgan fingerprint density at radius 1 is 1.41 bits per heavy atom. The Morgan fingerprint density at radius 3 is 2.75 bits per heavy atom. The summed E-state index contributed by atoms with van der Waals surface area (Å²) in [6.45, 7) is 4.28. The van der Waals surface area contributed by atoms with Crippen molar-refractivity contribution in [3.05, 3.63) is 56.8 Å². The van der Waals surface area contributed by atoms with Gasteiger partial charge in [-0.15, -0.1) is 0 Å². The minimum Gasteiger partial charge on any atom is -0.463 e. The summed E-state index contributed by atoms with van der Waals surface area (Å²) < 4.78 is 45.1. The Kier molecular flexibility index (Phi) is 7.22. The van der Waals surface area contributed by atoms with Crippen molar-refractivity contribution in [3.8, 4) is 0 Å². The van der Waals surface area contributed by atoms with Crippen LogP contribution in [0.5, 0.6) is 0 Å². The number of nitrogens with one attached hydrogen (secondary N) is 1. The van der Waals surface area contributed by atoms with Crippen molar-refractivity contribution in [1.82, 2.24) is 5.32 Å². The number of nitro groups is 1. The van der Waals surface area contributed by atoms with E-state index in [1.54, 1.807) is 6.92 Å². The molecule has 0 amide bonds. The molecule has 0 saturated heterocycles. The SMILES string of the molecule is CCOC(=O)C1=C(CSC2=NCCN2)N=C(C)C([N+](=O)[O-])C1c1cccc(C(F)(F)F)c1. The molecule has 32 heavy (non-hydrogen) atoms. The van der Waals surface area contributed by atoms with Crippen LogP contribution in [0.1, 0.15) is 30.9 Å². The number of ether oxygens (including phenoxy) is 1. The van der Waals surface area contributed by atoms with Crippen LogP contribution in [-0.2, 0) is 15.7 Å². The zero-order valence-corrected chi connectivity index (χ0v) is 18.1. The minimum absolute atomic E-state index is 0.00183. The second-order valence-corrected chi connectivity index (χ2v) is 8.03. The Balaban J connectivity index is 2.14. The first kappa shape index (κ1) is 23.8. The van der Waals surface area contributed by atoms with Crippen molar-refractivity contribution in [2.75, 3.05) is 25.4 Å². The summed E-state index contributed by atoms with van der Waals surface area (Å²) in [6.07, 6.45) is -4.64. The predicted octanol–water partition coefficient (Wildman–Crippen LogP) is 3.42. The minimum atomic E-state index is -4.64. The molecule has 2 aliphatic rings. The summed E-state index contributed by atoms with van der Waals surface area (Å²) in [5.41, 5.74) is -0.742. The van der Waals surface area contributed by atoms with Gasteiger partial charge in [0.15, 0.2) is 5.17 Å². The van der Waals surface area contributed by atoms with Gasteiger partial charge in [0.25, 0.3) is 6.04 Å². The Hall–Kier alpha value is -2.89. The molecular formula is C20H21F3N4O4S. The Morgan fingerprint density at radius 2 is 2.16 bits per heavy atom. The van der Waals surface area contributed by atoms with Crippen LogP contribution in [0.4, 0.5) is 13.2 Å². The van der Waals surface area contributed by atoms with Crippen LogP contribution >= 0.6 is 11.8 Å². The number of benzene rings is 1. The number of nitrogens with zero attached hydrogens (tertiary/aromatic N) is 3. The average molecular weight is 470 g/mol. The number of thioether (sulfide) groups is 1. The summed E-state index contributed by atoms with van der Waals surface area (Å²) in [5.74, 6) is -1.97. The third-order valence-electron chi connectivity index (χ3n) is 4.96. The summed E-state index contributed by atoms with van der Waals surface area (Å²) in [5, 5.41) is 15.6. The zero-order valence-electron chi connectivity index (χ0n) is 17.3. The molecule has 0 radical (unpaired) electrons. The number of hydrogen-bond donors (Lipinski definition) is 1. The number of alkyl halides is 3. The molecule has 12 heteroatoms. The number of halogens is 3. The number of amidine groups is 1. The van der Waals surface area contributed by atoms with E-state index >= 15 is 0 Å². The maximum atomic E-state index is 13.3. The van der Waals surface area contributed by atoms with Crippen molar-refractivity contribution in [1.29, 1.82) is 0 Å². The second-order valence-electron chi connectivity index (χ2n) is 7.07. The lowest BCUT2D eigenvalue weighted by molar-refractivity contribution is -0.505. The molecule has 0 bridgehead atoms. The summed E-state index contributed by atoms with van der Waals surface area (Å²) in [7, 11) is 0. The summed E-state index contributed by atoms with van der Waals surface area (Å²) in [4.78, 5) is 32.7. The van der Waals surface area contributed by atoms with Crippen molar-refractivity contribution < 1.29 is 27.6 Å². The molecule has 0 aromatic heterocycles. The number of carbonyl (C=O) groups excluding carboxylic acids is 1. The zero-order chi connectivity index (χ0) is 23.5. The highest BCUT2D eigenvalue weighted by Crippen LogP contribution is 2.40. The quantitative estimate of drug-likeness (QED) is 0.388. The fourth-order valence-corrected chi connectivity index (χ4v) is 4.50. The number of rotatable bonds is 6. The molecule has 0 aliphatic carbocycles.